The first kappa shape index (κ1) is 16.3. The van der Waals surface area contributed by atoms with Gasteiger partial charge in [0.25, 0.3) is 5.91 Å². The van der Waals surface area contributed by atoms with Crippen molar-refractivity contribution in [3.63, 3.8) is 0 Å². The van der Waals surface area contributed by atoms with E-state index in [1.807, 2.05) is 24.3 Å². The van der Waals surface area contributed by atoms with Gasteiger partial charge in [-0.15, -0.1) is 0 Å². The molecule has 0 spiro atoms. The summed E-state index contributed by atoms with van der Waals surface area (Å²) in [5.41, 5.74) is 1.27. The van der Waals surface area contributed by atoms with Crippen LogP contribution < -0.4 is 9.47 Å². The molecule has 2 aromatic carbocycles. The van der Waals surface area contributed by atoms with E-state index in [9.17, 15) is 9.18 Å². The Morgan fingerprint density at radius 2 is 1.83 bits per heavy atom. The standard InChI is InChI=1S/C19H20FNO3/c1-23-16-8-3-13(4-9-16)12-21(15-6-7-15)19(22)17-11-14(20)5-10-18(17)24-2/h3-5,8-11,15H,6-7,12H2,1-2H3. The van der Waals surface area contributed by atoms with E-state index in [0.29, 0.717) is 12.3 Å². The van der Waals surface area contributed by atoms with E-state index in [2.05, 4.69) is 0 Å². The molecule has 0 N–H and O–H groups in total. The molecular formula is C19H20FNO3. The number of amides is 1. The average Bonchev–Trinajstić information content (AvgIpc) is 3.44. The molecule has 24 heavy (non-hydrogen) atoms. The SMILES string of the molecule is COc1ccc(CN(C(=O)c2cc(F)ccc2OC)C2CC2)cc1. The minimum Gasteiger partial charge on any atom is -0.497 e. The maximum Gasteiger partial charge on any atom is 0.258 e. The second-order valence-electron chi connectivity index (χ2n) is 5.86. The van der Waals surface area contributed by atoms with Crippen molar-refractivity contribution in [2.75, 3.05) is 14.2 Å². The maximum atomic E-state index is 13.6. The zero-order chi connectivity index (χ0) is 17.1. The van der Waals surface area contributed by atoms with Gasteiger partial charge in [0.05, 0.1) is 19.8 Å². The Kier molecular flexibility index (Phi) is 4.69. The fourth-order valence-electron chi connectivity index (χ4n) is 2.68. The van der Waals surface area contributed by atoms with Gasteiger partial charge in [-0.2, -0.15) is 0 Å². The minimum absolute atomic E-state index is 0.201. The quantitative estimate of drug-likeness (QED) is 0.812. The highest BCUT2D eigenvalue weighted by Gasteiger charge is 2.34. The van der Waals surface area contributed by atoms with E-state index in [4.69, 9.17) is 9.47 Å². The summed E-state index contributed by atoms with van der Waals surface area (Å²) in [6.45, 7) is 0.479. The molecule has 4 nitrogen and oxygen atoms in total. The van der Waals surface area contributed by atoms with Crippen LogP contribution in [0.15, 0.2) is 42.5 Å². The van der Waals surface area contributed by atoms with Gasteiger partial charge in [-0.05, 0) is 48.7 Å². The Labute approximate surface area is 140 Å². The summed E-state index contributed by atoms with van der Waals surface area (Å²) in [7, 11) is 3.10. The normalized spacial score (nSPS) is 13.5. The number of halogens is 1. The first-order valence-electron chi connectivity index (χ1n) is 7.90. The summed E-state index contributed by atoms with van der Waals surface area (Å²) in [4.78, 5) is 14.7. The third-order valence-electron chi connectivity index (χ3n) is 4.15. The van der Waals surface area contributed by atoms with Crippen molar-refractivity contribution >= 4 is 5.91 Å². The van der Waals surface area contributed by atoms with E-state index in [-0.39, 0.29) is 17.5 Å². The molecule has 3 rings (SSSR count). The fraction of sp³-hybridized carbons (Fsp3) is 0.316. The monoisotopic (exact) mass is 329 g/mol. The molecule has 0 bridgehead atoms. The van der Waals surface area contributed by atoms with E-state index < -0.39 is 5.82 Å². The first-order valence-corrected chi connectivity index (χ1v) is 7.90. The molecule has 0 aromatic heterocycles. The number of carbonyl (C=O) groups is 1. The predicted octanol–water partition coefficient (Wildman–Crippen LogP) is 3.65. The maximum absolute atomic E-state index is 13.6. The van der Waals surface area contributed by atoms with Gasteiger partial charge >= 0.3 is 0 Å². The molecular weight excluding hydrogens is 309 g/mol. The van der Waals surface area contributed by atoms with Gasteiger partial charge in [0.15, 0.2) is 0 Å². The summed E-state index contributed by atoms with van der Waals surface area (Å²) in [5.74, 6) is 0.514. The molecule has 0 radical (unpaired) electrons. The number of ether oxygens (including phenoxy) is 2. The lowest BCUT2D eigenvalue weighted by molar-refractivity contribution is 0.0726. The van der Waals surface area contributed by atoms with Crippen LogP contribution in [0.2, 0.25) is 0 Å². The molecule has 0 unspecified atom stereocenters. The lowest BCUT2D eigenvalue weighted by Crippen LogP contribution is -2.33. The van der Waals surface area contributed by atoms with Crippen LogP contribution in [-0.4, -0.2) is 31.1 Å². The highest BCUT2D eigenvalue weighted by atomic mass is 19.1. The van der Waals surface area contributed by atoms with E-state index >= 15 is 0 Å². The molecule has 1 aliphatic rings. The Morgan fingerprint density at radius 1 is 1.12 bits per heavy atom. The van der Waals surface area contributed by atoms with E-state index in [0.717, 1.165) is 24.2 Å². The van der Waals surface area contributed by atoms with E-state index in [1.54, 1.807) is 12.0 Å². The second kappa shape index (κ2) is 6.91. The molecule has 1 saturated carbocycles. The third kappa shape index (κ3) is 3.50. The number of methoxy groups -OCH3 is 2. The van der Waals surface area contributed by atoms with Crippen molar-refractivity contribution in [3.05, 3.63) is 59.4 Å². The Balaban J connectivity index is 1.85. The van der Waals surface area contributed by atoms with Gasteiger partial charge in [0.2, 0.25) is 0 Å². The van der Waals surface area contributed by atoms with Gasteiger partial charge in [0.1, 0.15) is 17.3 Å². The number of benzene rings is 2. The highest BCUT2D eigenvalue weighted by molar-refractivity contribution is 5.97. The summed E-state index contributed by atoms with van der Waals surface area (Å²) in [5, 5.41) is 0. The van der Waals surface area contributed by atoms with Crippen LogP contribution in [0.25, 0.3) is 0 Å². The zero-order valence-electron chi connectivity index (χ0n) is 13.8. The average molecular weight is 329 g/mol. The van der Waals surface area contributed by atoms with Crippen molar-refractivity contribution < 1.29 is 18.7 Å². The molecule has 1 fully saturated rings. The van der Waals surface area contributed by atoms with Gasteiger partial charge in [0, 0.05) is 12.6 Å². The Hall–Kier alpha value is -2.56. The minimum atomic E-state index is -0.445. The molecule has 0 heterocycles. The van der Waals surface area contributed by atoms with Crippen LogP contribution in [0.3, 0.4) is 0 Å². The number of nitrogens with zero attached hydrogens (tertiary/aromatic N) is 1. The highest BCUT2D eigenvalue weighted by Crippen LogP contribution is 2.32. The molecule has 0 atom stereocenters. The molecule has 126 valence electrons. The third-order valence-corrected chi connectivity index (χ3v) is 4.15. The fourth-order valence-corrected chi connectivity index (χ4v) is 2.68. The number of hydrogen-bond donors (Lipinski definition) is 0. The van der Waals surface area contributed by atoms with Crippen molar-refractivity contribution in [1.29, 1.82) is 0 Å². The van der Waals surface area contributed by atoms with Crippen LogP contribution >= 0.6 is 0 Å². The largest absolute Gasteiger partial charge is 0.497 e. The second-order valence-corrected chi connectivity index (χ2v) is 5.86. The lowest BCUT2D eigenvalue weighted by Gasteiger charge is -2.23. The van der Waals surface area contributed by atoms with Crippen LogP contribution in [0.5, 0.6) is 11.5 Å². The van der Waals surface area contributed by atoms with Crippen LogP contribution in [-0.2, 0) is 6.54 Å². The van der Waals surface area contributed by atoms with Crippen LogP contribution in [0.1, 0.15) is 28.8 Å². The van der Waals surface area contributed by atoms with Crippen molar-refractivity contribution in [2.24, 2.45) is 0 Å². The number of carbonyl (C=O) groups excluding carboxylic acids is 1. The number of hydrogen-bond acceptors (Lipinski definition) is 3. The van der Waals surface area contributed by atoms with Crippen molar-refractivity contribution in [2.45, 2.75) is 25.4 Å². The van der Waals surface area contributed by atoms with Crippen LogP contribution in [0, 0.1) is 5.82 Å². The Morgan fingerprint density at radius 3 is 2.42 bits per heavy atom. The van der Waals surface area contributed by atoms with Gasteiger partial charge < -0.3 is 14.4 Å². The zero-order valence-corrected chi connectivity index (χ0v) is 13.8. The molecule has 0 aliphatic heterocycles. The summed E-state index contributed by atoms with van der Waals surface area (Å²) in [6.07, 6.45) is 1.94. The predicted molar refractivity (Wildman–Crippen MR) is 88.8 cm³/mol. The van der Waals surface area contributed by atoms with Crippen LogP contribution in [0.4, 0.5) is 4.39 Å². The molecule has 1 amide bonds. The molecule has 1 aliphatic carbocycles. The van der Waals surface area contributed by atoms with Crippen molar-refractivity contribution in [3.8, 4) is 11.5 Å². The van der Waals surface area contributed by atoms with Gasteiger partial charge in [-0.3, -0.25) is 4.79 Å². The molecule has 5 heteroatoms. The Bertz CT molecular complexity index is 726. The van der Waals surface area contributed by atoms with Gasteiger partial charge in [-0.25, -0.2) is 4.39 Å². The molecule has 2 aromatic rings. The number of rotatable bonds is 6. The topological polar surface area (TPSA) is 38.8 Å². The van der Waals surface area contributed by atoms with Crippen molar-refractivity contribution in [1.82, 2.24) is 4.90 Å². The van der Waals surface area contributed by atoms with E-state index in [1.165, 1.54) is 25.3 Å². The first-order chi connectivity index (χ1) is 11.6. The lowest BCUT2D eigenvalue weighted by atomic mass is 10.1. The summed E-state index contributed by atoms with van der Waals surface area (Å²) >= 11 is 0. The molecule has 0 saturated heterocycles. The summed E-state index contributed by atoms with van der Waals surface area (Å²) in [6, 6.07) is 11.8. The summed E-state index contributed by atoms with van der Waals surface area (Å²) < 4.78 is 24.0. The smallest absolute Gasteiger partial charge is 0.258 e. The van der Waals surface area contributed by atoms with Gasteiger partial charge in [-0.1, -0.05) is 12.1 Å².